The van der Waals surface area contributed by atoms with E-state index in [9.17, 15) is 4.79 Å². The summed E-state index contributed by atoms with van der Waals surface area (Å²) >= 11 is 1.65. The van der Waals surface area contributed by atoms with Gasteiger partial charge in [0.1, 0.15) is 0 Å². The van der Waals surface area contributed by atoms with E-state index in [0.29, 0.717) is 12.8 Å². The van der Waals surface area contributed by atoms with Crippen LogP contribution in [0.2, 0.25) is 0 Å². The van der Waals surface area contributed by atoms with Crippen molar-refractivity contribution in [1.82, 2.24) is 0 Å². The lowest BCUT2D eigenvalue weighted by Crippen LogP contribution is -2.08. The van der Waals surface area contributed by atoms with Crippen molar-refractivity contribution in [3.05, 3.63) is 52.7 Å². The number of anilines is 1. The molecule has 0 aliphatic heterocycles. The molecule has 0 aliphatic rings. The zero-order valence-electron chi connectivity index (χ0n) is 11.0. The first-order valence-corrected chi connectivity index (χ1v) is 7.22. The van der Waals surface area contributed by atoms with Gasteiger partial charge < -0.3 is 5.11 Å². The van der Waals surface area contributed by atoms with Crippen molar-refractivity contribution >= 4 is 28.7 Å². The van der Waals surface area contributed by atoms with Gasteiger partial charge in [0.2, 0.25) is 0 Å². The molecule has 0 saturated carbocycles. The molecule has 0 bridgehead atoms. The molecular weight excluding hydrogens is 272 g/mol. The minimum Gasteiger partial charge on any atom is -0.481 e. The number of nitrogens with one attached hydrogen (secondary N) is 1. The van der Waals surface area contributed by atoms with Crippen molar-refractivity contribution in [3.63, 3.8) is 0 Å². The summed E-state index contributed by atoms with van der Waals surface area (Å²) in [4.78, 5) is 11.9. The van der Waals surface area contributed by atoms with Gasteiger partial charge in [-0.1, -0.05) is 24.3 Å². The molecule has 0 amide bonds. The average Bonchev–Trinajstić information content (AvgIpc) is 2.96. The number of nitrogens with zero attached hydrogens (tertiary/aromatic N) is 1. The Morgan fingerprint density at radius 1 is 1.15 bits per heavy atom. The molecule has 0 spiro atoms. The molecule has 5 heteroatoms. The maximum absolute atomic E-state index is 10.7. The van der Waals surface area contributed by atoms with Crippen LogP contribution in [-0.4, -0.2) is 16.8 Å². The maximum Gasteiger partial charge on any atom is 0.303 e. The number of hydrazone groups is 1. The van der Waals surface area contributed by atoms with Crippen LogP contribution >= 0.6 is 11.3 Å². The Bertz CT molecular complexity index is 565. The van der Waals surface area contributed by atoms with E-state index in [-0.39, 0.29) is 6.42 Å². The van der Waals surface area contributed by atoms with Gasteiger partial charge in [0.05, 0.1) is 12.1 Å². The number of carboxylic acids is 1. The highest BCUT2D eigenvalue weighted by atomic mass is 32.1. The van der Waals surface area contributed by atoms with Gasteiger partial charge >= 0.3 is 5.97 Å². The number of para-hydroxylation sites is 1. The van der Waals surface area contributed by atoms with Gasteiger partial charge in [0.15, 0.2) is 0 Å². The van der Waals surface area contributed by atoms with Crippen LogP contribution in [0.25, 0.3) is 0 Å². The van der Waals surface area contributed by atoms with Crippen molar-refractivity contribution in [2.75, 3.05) is 5.43 Å². The van der Waals surface area contributed by atoms with Gasteiger partial charge in [0.25, 0.3) is 0 Å². The largest absolute Gasteiger partial charge is 0.481 e. The second kappa shape index (κ2) is 7.45. The van der Waals surface area contributed by atoms with Crippen molar-refractivity contribution in [2.45, 2.75) is 19.3 Å². The van der Waals surface area contributed by atoms with Crippen LogP contribution in [0.5, 0.6) is 0 Å². The van der Waals surface area contributed by atoms with Gasteiger partial charge in [-0.05, 0) is 30.0 Å². The molecule has 1 aromatic heterocycles. The molecule has 2 N–H and O–H groups in total. The van der Waals surface area contributed by atoms with E-state index in [2.05, 4.69) is 10.5 Å². The molecule has 4 nitrogen and oxygen atoms in total. The summed E-state index contributed by atoms with van der Waals surface area (Å²) in [5, 5.41) is 15.2. The Morgan fingerprint density at radius 2 is 1.95 bits per heavy atom. The van der Waals surface area contributed by atoms with Gasteiger partial charge in [-0.2, -0.15) is 5.10 Å². The first-order chi connectivity index (χ1) is 9.74. The lowest BCUT2D eigenvalue weighted by molar-refractivity contribution is -0.136. The molecule has 1 heterocycles. The van der Waals surface area contributed by atoms with Crippen LogP contribution in [0.15, 0.2) is 52.9 Å². The van der Waals surface area contributed by atoms with Crippen LogP contribution < -0.4 is 5.43 Å². The zero-order chi connectivity index (χ0) is 14.2. The van der Waals surface area contributed by atoms with Crippen LogP contribution in [0.3, 0.4) is 0 Å². The Kier molecular flexibility index (Phi) is 5.32. The molecule has 0 aliphatic carbocycles. The number of carboxylic acid groups (broad SMARTS) is 1. The Morgan fingerprint density at radius 3 is 2.60 bits per heavy atom. The van der Waals surface area contributed by atoms with Crippen molar-refractivity contribution in [2.24, 2.45) is 5.10 Å². The third-order valence-electron chi connectivity index (χ3n) is 2.70. The van der Waals surface area contributed by atoms with Crippen molar-refractivity contribution in [1.29, 1.82) is 0 Å². The predicted molar refractivity (Wildman–Crippen MR) is 82.4 cm³/mol. The van der Waals surface area contributed by atoms with E-state index in [1.165, 1.54) is 4.88 Å². The second-order valence-corrected chi connectivity index (χ2v) is 5.34. The molecule has 2 aromatic rings. The highest BCUT2D eigenvalue weighted by molar-refractivity contribution is 7.10. The molecule has 0 radical (unpaired) electrons. The minimum atomic E-state index is -0.802. The summed E-state index contributed by atoms with van der Waals surface area (Å²) in [6.45, 7) is 0. The first kappa shape index (κ1) is 14.3. The monoisotopic (exact) mass is 288 g/mol. The summed E-state index contributed by atoms with van der Waals surface area (Å²) in [7, 11) is 0. The van der Waals surface area contributed by atoms with E-state index in [4.69, 9.17) is 5.11 Å². The number of carbonyl (C=O) groups is 1. The highest BCUT2D eigenvalue weighted by Crippen LogP contribution is 2.13. The van der Waals surface area contributed by atoms with Crippen molar-refractivity contribution < 1.29 is 9.90 Å². The maximum atomic E-state index is 10.7. The topological polar surface area (TPSA) is 61.7 Å². The van der Waals surface area contributed by atoms with Gasteiger partial charge in [-0.25, -0.2) is 0 Å². The minimum absolute atomic E-state index is 0.0979. The van der Waals surface area contributed by atoms with E-state index in [1.807, 2.05) is 47.8 Å². The number of hydrogen-bond acceptors (Lipinski definition) is 4. The number of hydrogen-bond donors (Lipinski definition) is 2. The zero-order valence-corrected chi connectivity index (χ0v) is 11.8. The molecule has 20 heavy (non-hydrogen) atoms. The van der Waals surface area contributed by atoms with Gasteiger partial charge in [-0.3, -0.25) is 10.2 Å². The quantitative estimate of drug-likeness (QED) is 0.604. The Labute approximate surface area is 121 Å². The first-order valence-electron chi connectivity index (χ1n) is 6.35. The standard InChI is InChI=1S/C15H16N2O2S/c18-15(19)9-8-13(11-14-7-4-10-20-14)17-16-12-5-2-1-3-6-12/h1-7,10,16H,8-9,11H2,(H,18,19)/b17-13-. The molecule has 0 unspecified atom stereocenters. The molecule has 1 aromatic carbocycles. The molecule has 0 saturated heterocycles. The number of rotatable bonds is 7. The SMILES string of the molecule is O=C(O)CC/C(Cc1cccs1)=N/Nc1ccccc1. The number of benzene rings is 1. The van der Waals surface area contributed by atoms with Crippen LogP contribution in [0.1, 0.15) is 17.7 Å². The highest BCUT2D eigenvalue weighted by Gasteiger charge is 2.06. The van der Waals surface area contributed by atoms with Crippen molar-refractivity contribution in [3.8, 4) is 0 Å². The molecule has 2 rings (SSSR count). The van der Waals surface area contributed by atoms with Gasteiger partial charge in [0, 0.05) is 17.0 Å². The summed E-state index contributed by atoms with van der Waals surface area (Å²) < 4.78 is 0. The molecule has 0 atom stereocenters. The summed E-state index contributed by atoms with van der Waals surface area (Å²) in [5.74, 6) is -0.802. The molecule has 0 fully saturated rings. The van der Waals surface area contributed by atoms with Gasteiger partial charge in [-0.15, -0.1) is 11.3 Å². The fraction of sp³-hybridized carbons (Fsp3) is 0.200. The average molecular weight is 288 g/mol. The third-order valence-corrected chi connectivity index (χ3v) is 3.58. The fourth-order valence-corrected chi connectivity index (χ4v) is 2.44. The normalized spacial score (nSPS) is 11.3. The van der Waals surface area contributed by atoms with E-state index >= 15 is 0 Å². The van der Waals surface area contributed by atoms with Crippen LogP contribution in [0.4, 0.5) is 5.69 Å². The Balaban J connectivity index is 2.02. The molecule has 104 valence electrons. The number of thiophene rings is 1. The van der Waals surface area contributed by atoms with E-state index in [1.54, 1.807) is 11.3 Å². The summed E-state index contributed by atoms with van der Waals surface area (Å²) in [6, 6.07) is 13.6. The smallest absolute Gasteiger partial charge is 0.303 e. The lowest BCUT2D eigenvalue weighted by Gasteiger charge is -2.06. The molecular formula is C15H16N2O2S. The summed E-state index contributed by atoms with van der Waals surface area (Å²) in [5.41, 5.74) is 4.72. The van der Waals surface area contributed by atoms with Crippen LogP contribution in [-0.2, 0) is 11.2 Å². The third kappa shape index (κ3) is 4.85. The summed E-state index contributed by atoms with van der Waals surface area (Å²) in [6.07, 6.45) is 1.23. The number of aliphatic carboxylic acids is 1. The van der Waals surface area contributed by atoms with E-state index in [0.717, 1.165) is 11.4 Å². The van der Waals surface area contributed by atoms with Crippen LogP contribution in [0, 0.1) is 0 Å². The Hall–Kier alpha value is -2.14. The lowest BCUT2D eigenvalue weighted by atomic mass is 10.1. The second-order valence-electron chi connectivity index (χ2n) is 4.31. The fourth-order valence-electron chi connectivity index (χ4n) is 1.71. The predicted octanol–water partition coefficient (Wildman–Crippen LogP) is 3.62. The van der Waals surface area contributed by atoms with E-state index < -0.39 is 5.97 Å².